The summed E-state index contributed by atoms with van der Waals surface area (Å²) in [4.78, 5) is 16.7. The summed E-state index contributed by atoms with van der Waals surface area (Å²) in [5.74, 6) is 0.939. The molecule has 6 nitrogen and oxygen atoms in total. The fourth-order valence-corrected chi connectivity index (χ4v) is 3.56. The Morgan fingerprint density at radius 3 is 2.83 bits per heavy atom. The van der Waals surface area contributed by atoms with Crippen molar-refractivity contribution in [3.8, 4) is 17.2 Å². The standard InChI is InChI=1S/C22H21ClFN3O3/c1-22(2,3)30-21(28)26-16-11-13-5-4-6-17(19(13)27-10-9-25-20(16)27)29-18-12-14(24)7-8-15(18)23/h4-10,12,16H,11H2,1-3H3,(H,26,28). The average Bonchev–Trinajstić information content (AvgIpc) is 3.13. The Morgan fingerprint density at radius 1 is 1.27 bits per heavy atom. The van der Waals surface area contributed by atoms with Crippen molar-refractivity contribution in [2.75, 3.05) is 0 Å². The van der Waals surface area contributed by atoms with E-state index in [1.54, 1.807) is 18.5 Å². The van der Waals surface area contributed by atoms with Gasteiger partial charge in [0.15, 0.2) is 5.75 Å². The van der Waals surface area contributed by atoms with Crippen molar-refractivity contribution in [3.05, 3.63) is 71.0 Å². The van der Waals surface area contributed by atoms with Crippen LogP contribution in [-0.2, 0) is 11.2 Å². The Balaban J connectivity index is 1.67. The third-order valence-electron chi connectivity index (χ3n) is 4.53. The Labute approximate surface area is 178 Å². The lowest BCUT2D eigenvalue weighted by Crippen LogP contribution is -2.38. The second-order valence-electron chi connectivity index (χ2n) is 8.00. The van der Waals surface area contributed by atoms with Crippen LogP contribution in [0, 0.1) is 5.82 Å². The van der Waals surface area contributed by atoms with Crippen LogP contribution in [0.25, 0.3) is 5.69 Å². The molecule has 0 saturated carbocycles. The van der Waals surface area contributed by atoms with Crippen molar-refractivity contribution in [1.29, 1.82) is 0 Å². The number of fused-ring (bicyclic) bond motifs is 3. The number of rotatable bonds is 3. The van der Waals surface area contributed by atoms with Crippen LogP contribution in [0.1, 0.15) is 38.2 Å². The maximum Gasteiger partial charge on any atom is 0.408 e. The molecule has 8 heteroatoms. The van der Waals surface area contributed by atoms with E-state index in [1.165, 1.54) is 18.2 Å². The first-order chi connectivity index (χ1) is 14.2. The lowest BCUT2D eigenvalue weighted by molar-refractivity contribution is 0.0499. The summed E-state index contributed by atoms with van der Waals surface area (Å²) in [5, 5.41) is 3.19. The number of ether oxygens (including phenoxy) is 2. The van der Waals surface area contributed by atoms with E-state index in [4.69, 9.17) is 21.1 Å². The van der Waals surface area contributed by atoms with E-state index in [0.717, 1.165) is 11.3 Å². The molecule has 1 atom stereocenters. The molecule has 2 aromatic carbocycles. The lowest BCUT2D eigenvalue weighted by atomic mass is 9.98. The highest BCUT2D eigenvalue weighted by Crippen LogP contribution is 2.39. The monoisotopic (exact) mass is 429 g/mol. The quantitative estimate of drug-likeness (QED) is 0.590. The minimum atomic E-state index is -0.600. The van der Waals surface area contributed by atoms with Crippen molar-refractivity contribution < 1.29 is 18.7 Å². The second-order valence-corrected chi connectivity index (χ2v) is 8.41. The van der Waals surface area contributed by atoms with Crippen LogP contribution in [0.3, 0.4) is 0 Å². The number of para-hydroxylation sites is 1. The van der Waals surface area contributed by atoms with Crippen LogP contribution < -0.4 is 10.1 Å². The van der Waals surface area contributed by atoms with Crippen LogP contribution in [0.4, 0.5) is 9.18 Å². The molecule has 0 saturated heterocycles. The minimum absolute atomic E-state index is 0.223. The molecular weight excluding hydrogens is 409 g/mol. The molecule has 0 fully saturated rings. The van der Waals surface area contributed by atoms with Gasteiger partial charge in [-0.1, -0.05) is 23.7 Å². The number of hydrogen-bond acceptors (Lipinski definition) is 4. The number of alkyl carbamates (subject to hydrolysis) is 1. The van der Waals surface area contributed by atoms with E-state index in [2.05, 4.69) is 10.3 Å². The van der Waals surface area contributed by atoms with Gasteiger partial charge in [0.25, 0.3) is 0 Å². The highest BCUT2D eigenvalue weighted by Gasteiger charge is 2.30. The fourth-order valence-electron chi connectivity index (χ4n) is 3.40. The van der Waals surface area contributed by atoms with E-state index in [0.29, 0.717) is 23.0 Å². The van der Waals surface area contributed by atoms with Gasteiger partial charge in [0, 0.05) is 24.9 Å². The Hall–Kier alpha value is -3.06. The zero-order valence-electron chi connectivity index (χ0n) is 16.8. The molecule has 1 N–H and O–H groups in total. The first-order valence-corrected chi connectivity index (χ1v) is 9.87. The lowest BCUT2D eigenvalue weighted by Gasteiger charge is -2.29. The summed E-state index contributed by atoms with van der Waals surface area (Å²) >= 11 is 6.17. The molecule has 30 heavy (non-hydrogen) atoms. The van der Waals surface area contributed by atoms with Gasteiger partial charge in [0.1, 0.15) is 23.0 Å². The van der Waals surface area contributed by atoms with Crippen LogP contribution in [0.5, 0.6) is 11.5 Å². The molecule has 1 amide bonds. The predicted octanol–water partition coefficient (Wildman–Crippen LogP) is 5.58. The van der Waals surface area contributed by atoms with Gasteiger partial charge >= 0.3 is 6.09 Å². The van der Waals surface area contributed by atoms with Crippen LogP contribution >= 0.6 is 11.6 Å². The predicted molar refractivity (Wildman–Crippen MR) is 111 cm³/mol. The number of aromatic nitrogens is 2. The molecule has 0 spiro atoms. The fraction of sp³-hybridized carbons (Fsp3) is 0.273. The van der Waals surface area contributed by atoms with E-state index < -0.39 is 17.5 Å². The zero-order chi connectivity index (χ0) is 21.5. The van der Waals surface area contributed by atoms with Gasteiger partial charge in [-0.05, 0) is 44.5 Å². The summed E-state index contributed by atoms with van der Waals surface area (Å²) in [7, 11) is 0. The molecule has 4 rings (SSSR count). The molecule has 0 bridgehead atoms. The third-order valence-corrected chi connectivity index (χ3v) is 4.84. The number of imidazole rings is 1. The second kappa shape index (κ2) is 7.65. The van der Waals surface area contributed by atoms with Crippen molar-refractivity contribution in [2.24, 2.45) is 0 Å². The van der Waals surface area contributed by atoms with Crippen LogP contribution in [-0.4, -0.2) is 21.2 Å². The van der Waals surface area contributed by atoms with Gasteiger partial charge in [-0.3, -0.25) is 4.57 Å². The Morgan fingerprint density at radius 2 is 2.07 bits per heavy atom. The molecule has 1 unspecified atom stereocenters. The molecule has 1 aliphatic rings. The smallest absolute Gasteiger partial charge is 0.408 e. The summed E-state index contributed by atoms with van der Waals surface area (Å²) in [6, 6.07) is 9.17. The number of carbonyl (C=O) groups is 1. The van der Waals surface area contributed by atoms with E-state index in [1.807, 2.05) is 37.5 Å². The van der Waals surface area contributed by atoms with E-state index in [-0.39, 0.29) is 11.8 Å². The van der Waals surface area contributed by atoms with Crippen LogP contribution in [0.2, 0.25) is 5.02 Å². The molecule has 3 aromatic rings. The molecule has 1 aromatic heterocycles. The summed E-state index contributed by atoms with van der Waals surface area (Å²) in [6.07, 6.45) is 3.43. The van der Waals surface area contributed by atoms with Gasteiger partial charge in [0.2, 0.25) is 0 Å². The van der Waals surface area contributed by atoms with Crippen molar-refractivity contribution in [3.63, 3.8) is 0 Å². The van der Waals surface area contributed by atoms with Gasteiger partial charge in [-0.2, -0.15) is 0 Å². The number of nitrogens with zero attached hydrogens (tertiary/aromatic N) is 2. The first-order valence-electron chi connectivity index (χ1n) is 9.49. The topological polar surface area (TPSA) is 65.4 Å². The maximum absolute atomic E-state index is 13.7. The van der Waals surface area contributed by atoms with Crippen molar-refractivity contribution >= 4 is 17.7 Å². The SMILES string of the molecule is CC(C)(C)OC(=O)NC1Cc2cccc(Oc3cc(F)ccc3Cl)c2-n2ccnc21. The Bertz CT molecular complexity index is 1110. The number of hydrogen-bond donors (Lipinski definition) is 1. The maximum atomic E-state index is 13.7. The van der Waals surface area contributed by atoms with E-state index >= 15 is 0 Å². The molecule has 2 heterocycles. The van der Waals surface area contributed by atoms with Gasteiger partial charge < -0.3 is 14.8 Å². The molecule has 0 radical (unpaired) electrons. The first kappa shape index (κ1) is 20.2. The highest BCUT2D eigenvalue weighted by molar-refractivity contribution is 6.32. The number of halogens is 2. The Kier molecular flexibility index (Phi) is 5.15. The number of amides is 1. The molecule has 1 aliphatic heterocycles. The van der Waals surface area contributed by atoms with Gasteiger partial charge in [-0.25, -0.2) is 14.2 Å². The third kappa shape index (κ3) is 4.11. The molecular formula is C22H21ClFN3O3. The van der Waals surface area contributed by atoms with Crippen LogP contribution in [0.15, 0.2) is 48.8 Å². The van der Waals surface area contributed by atoms with Gasteiger partial charge in [0.05, 0.1) is 16.8 Å². The van der Waals surface area contributed by atoms with Crippen molar-refractivity contribution in [2.45, 2.75) is 38.8 Å². The van der Waals surface area contributed by atoms with Crippen molar-refractivity contribution in [1.82, 2.24) is 14.9 Å². The zero-order valence-corrected chi connectivity index (χ0v) is 17.5. The van der Waals surface area contributed by atoms with Gasteiger partial charge in [-0.15, -0.1) is 0 Å². The minimum Gasteiger partial charge on any atom is -0.453 e. The number of carbonyl (C=O) groups excluding carboxylic acids is 1. The summed E-state index contributed by atoms with van der Waals surface area (Å²) in [6.45, 7) is 5.43. The largest absolute Gasteiger partial charge is 0.453 e. The number of nitrogens with one attached hydrogen (secondary N) is 1. The average molecular weight is 430 g/mol. The summed E-state index contributed by atoms with van der Waals surface area (Å²) in [5.41, 5.74) is 1.11. The number of benzene rings is 2. The molecule has 156 valence electrons. The normalized spacial score (nSPS) is 15.2. The highest BCUT2D eigenvalue weighted by atomic mass is 35.5. The molecule has 0 aliphatic carbocycles. The van der Waals surface area contributed by atoms with E-state index in [9.17, 15) is 9.18 Å². The summed E-state index contributed by atoms with van der Waals surface area (Å²) < 4.78 is 26.9.